The van der Waals surface area contributed by atoms with Gasteiger partial charge in [-0.25, -0.2) is 0 Å². The Morgan fingerprint density at radius 2 is 1.97 bits per heavy atom. The number of rotatable bonds is 6. The Morgan fingerprint density at radius 3 is 2.58 bits per heavy atom. The number of aliphatic hydroxyl groups is 2. The summed E-state index contributed by atoms with van der Waals surface area (Å²) in [5.74, 6) is -0.992. The van der Waals surface area contributed by atoms with Crippen LogP contribution in [0.1, 0.15) is 73.6 Å². The molecule has 0 radical (unpaired) electrons. The van der Waals surface area contributed by atoms with E-state index in [1.165, 1.54) is 6.92 Å². The van der Waals surface area contributed by atoms with Crippen LogP contribution < -0.4 is 0 Å². The minimum atomic E-state index is -1.01. The lowest BCUT2D eigenvalue weighted by Gasteiger charge is -2.52. The summed E-state index contributed by atoms with van der Waals surface area (Å²) >= 11 is 0. The monoisotopic (exact) mass is 436 g/mol. The van der Waals surface area contributed by atoms with Crippen LogP contribution in [-0.2, 0) is 23.8 Å². The summed E-state index contributed by atoms with van der Waals surface area (Å²) in [4.78, 5) is 24.6. The van der Waals surface area contributed by atoms with Crippen LogP contribution in [0.25, 0.3) is 0 Å². The van der Waals surface area contributed by atoms with E-state index in [0.29, 0.717) is 49.9 Å². The number of Topliss-reactive ketones (excluding diaryl/α,β-unsaturated/α-hetero) is 1. The molecule has 1 aliphatic heterocycles. The molecule has 7 heteroatoms. The van der Waals surface area contributed by atoms with Gasteiger partial charge in [0.05, 0.1) is 12.2 Å². The predicted octanol–water partition coefficient (Wildman–Crippen LogP) is 3.75. The van der Waals surface area contributed by atoms with Crippen molar-refractivity contribution < 1.29 is 34.0 Å². The number of hydrogen-bond acceptors (Lipinski definition) is 7. The largest absolute Gasteiger partial charge is 0.504 e. The van der Waals surface area contributed by atoms with Crippen molar-refractivity contribution in [1.82, 2.24) is 0 Å². The van der Waals surface area contributed by atoms with Gasteiger partial charge in [-0.15, -0.1) is 0 Å². The highest BCUT2D eigenvalue weighted by molar-refractivity contribution is 6.09. The molecule has 2 unspecified atom stereocenters. The lowest BCUT2D eigenvalue weighted by Crippen LogP contribution is -2.49. The summed E-state index contributed by atoms with van der Waals surface area (Å²) in [7, 11) is 0. The van der Waals surface area contributed by atoms with E-state index in [4.69, 9.17) is 14.2 Å². The molecule has 4 atom stereocenters. The van der Waals surface area contributed by atoms with Gasteiger partial charge in [-0.05, 0) is 45.1 Å². The average Bonchev–Trinajstić information content (AvgIpc) is 3.03. The maximum Gasteiger partial charge on any atom is 0.302 e. The molecule has 7 nitrogen and oxygen atoms in total. The number of aliphatic hydroxyl groups excluding tert-OH is 1. The summed E-state index contributed by atoms with van der Waals surface area (Å²) in [6.07, 6.45) is 1.79. The normalized spacial score (nSPS) is 35.4. The van der Waals surface area contributed by atoms with Crippen LogP contribution in [-0.4, -0.2) is 53.2 Å². The highest BCUT2D eigenvalue weighted by Crippen LogP contribution is 2.59. The number of ketones is 1. The van der Waals surface area contributed by atoms with Gasteiger partial charge < -0.3 is 24.4 Å². The molecule has 2 N–H and O–H groups in total. The molecule has 1 saturated heterocycles. The van der Waals surface area contributed by atoms with Crippen molar-refractivity contribution in [3.05, 3.63) is 22.5 Å². The highest BCUT2D eigenvalue weighted by atomic mass is 16.7. The molecule has 0 amide bonds. The van der Waals surface area contributed by atoms with Gasteiger partial charge in [-0.2, -0.15) is 0 Å². The zero-order chi connectivity index (χ0) is 23.2. The van der Waals surface area contributed by atoms with Crippen molar-refractivity contribution in [3.63, 3.8) is 0 Å². The smallest absolute Gasteiger partial charge is 0.302 e. The van der Waals surface area contributed by atoms with Gasteiger partial charge in [-0.3, -0.25) is 9.59 Å². The number of allylic oxidation sites excluding steroid dienone is 2. The second-order valence-corrected chi connectivity index (χ2v) is 9.97. The van der Waals surface area contributed by atoms with E-state index >= 15 is 0 Å². The quantitative estimate of drug-likeness (QED) is 0.611. The molecule has 0 aromatic rings. The van der Waals surface area contributed by atoms with Crippen LogP contribution in [0, 0.1) is 10.8 Å². The van der Waals surface area contributed by atoms with E-state index in [9.17, 15) is 19.8 Å². The summed E-state index contributed by atoms with van der Waals surface area (Å²) in [6.45, 7) is 11.6. The van der Waals surface area contributed by atoms with E-state index in [-0.39, 0.29) is 24.1 Å². The van der Waals surface area contributed by atoms with Crippen molar-refractivity contribution in [2.24, 2.45) is 10.8 Å². The van der Waals surface area contributed by atoms with E-state index in [0.717, 1.165) is 5.57 Å². The third-order valence-electron chi connectivity index (χ3n) is 7.40. The molecule has 0 aromatic carbocycles. The highest BCUT2D eigenvalue weighted by Gasteiger charge is 2.55. The Labute approximate surface area is 184 Å². The van der Waals surface area contributed by atoms with E-state index in [1.54, 1.807) is 6.92 Å². The van der Waals surface area contributed by atoms with Crippen molar-refractivity contribution in [3.8, 4) is 0 Å². The Kier molecular flexibility index (Phi) is 6.44. The molecule has 2 fully saturated rings. The summed E-state index contributed by atoms with van der Waals surface area (Å²) in [5, 5.41) is 21.9. The van der Waals surface area contributed by atoms with Crippen LogP contribution in [0.3, 0.4) is 0 Å². The predicted molar refractivity (Wildman–Crippen MR) is 114 cm³/mol. The van der Waals surface area contributed by atoms with Gasteiger partial charge in [0, 0.05) is 36.4 Å². The third kappa shape index (κ3) is 4.20. The molecule has 3 rings (SSSR count). The van der Waals surface area contributed by atoms with Crippen LogP contribution in [0.5, 0.6) is 0 Å². The van der Waals surface area contributed by atoms with Gasteiger partial charge in [0.2, 0.25) is 5.78 Å². The second kappa shape index (κ2) is 8.34. The molecule has 3 aliphatic rings. The van der Waals surface area contributed by atoms with Gasteiger partial charge in [0.15, 0.2) is 12.0 Å². The van der Waals surface area contributed by atoms with Gasteiger partial charge >= 0.3 is 5.97 Å². The van der Waals surface area contributed by atoms with E-state index < -0.39 is 28.8 Å². The number of hydrogen-bond donors (Lipinski definition) is 2. The fraction of sp³-hybridized carbons (Fsp3) is 0.750. The molecule has 1 heterocycles. The van der Waals surface area contributed by atoms with Crippen molar-refractivity contribution in [2.75, 3.05) is 13.2 Å². The lowest BCUT2D eigenvalue weighted by molar-refractivity contribution is -0.154. The number of esters is 1. The van der Waals surface area contributed by atoms with Crippen LogP contribution >= 0.6 is 0 Å². The molecule has 2 aliphatic carbocycles. The summed E-state index contributed by atoms with van der Waals surface area (Å²) in [5.41, 5.74) is -0.151. The Hall–Kier alpha value is -1.70. The zero-order valence-corrected chi connectivity index (χ0v) is 19.5. The standard InChI is InChI=1S/C24H36O7/c1-7-29-18-12-24(28,13-30-18)11-8-16-14(2)19(26)20(27)21-22(4,5)17(31-15(3)25)9-10-23(16,21)6/h17-18,27-28H,7-13H2,1-6H3/t17-,18?,23-,24?/m1/s1. The fourth-order valence-electron chi connectivity index (χ4n) is 5.86. The van der Waals surface area contributed by atoms with E-state index in [1.807, 2.05) is 27.7 Å². The zero-order valence-electron chi connectivity index (χ0n) is 19.5. The number of ether oxygens (including phenoxy) is 3. The third-order valence-corrected chi connectivity index (χ3v) is 7.40. The molecule has 0 spiro atoms. The Bertz CT molecular complexity index is 824. The van der Waals surface area contributed by atoms with Crippen LogP contribution in [0.4, 0.5) is 0 Å². The Balaban J connectivity index is 1.89. The first kappa shape index (κ1) is 24.0. The maximum atomic E-state index is 13.0. The first-order valence-corrected chi connectivity index (χ1v) is 11.2. The topological polar surface area (TPSA) is 102 Å². The van der Waals surface area contributed by atoms with Gasteiger partial charge in [-0.1, -0.05) is 26.3 Å². The van der Waals surface area contributed by atoms with E-state index in [2.05, 4.69) is 0 Å². The number of carbonyl (C=O) groups excluding carboxylic acids is 2. The molecular weight excluding hydrogens is 400 g/mol. The first-order chi connectivity index (χ1) is 14.4. The molecule has 31 heavy (non-hydrogen) atoms. The molecule has 174 valence electrons. The van der Waals surface area contributed by atoms with Crippen LogP contribution in [0.2, 0.25) is 0 Å². The van der Waals surface area contributed by atoms with Gasteiger partial charge in [0.25, 0.3) is 0 Å². The molecule has 0 bridgehead atoms. The van der Waals surface area contributed by atoms with Crippen molar-refractivity contribution >= 4 is 11.8 Å². The van der Waals surface area contributed by atoms with Crippen molar-refractivity contribution in [1.29, 1.82) is 0 Å². The maximum absolute atomic E-state index is 13.0. The molecular formula is C24H36O7. The Morgan fingerprint density at radius 1 is 1.29 bits per heavy atom. The first-order valence-electron chi connectivity index (χ1n) is 11.2. The summed E-state index contributed by atoms with van der Waals surface area (Å²) < 4.78 is 16.6. The summed E-state index contributed by atoms with van der Waals surface area (Å²) in [6, 6.07) is 0. The minimum Gasteiger partial charge on any atom is -0.504 e. The second-order valence-electron chi connectivity index (χ2n) is 9.97. The SMILES string of the molecule is CCOC1CC(O)(CCC2=C(C)C(=O)C(O)=C3C(C)(C)[C@H](OC(C)=O)CC[C@]23C)CO1. The van der Waals surface area contributed by atoms with Gasteiger partial charge in [0.1, 0.15) is 6.10 Å². The number of fused-ring (bicyclic) bond motifs is 1. The molecule has 1 saturated carbocycles. The minimum absolute atomic E-state index is 0.197. The molecule has 0 aromatic heterocycles. The van der Waals surface area contributed by atoms with Crippen LogP contribution in [0.15, 0.2) is 22.5 Å². The fourth-order valence-corrected chi connectivity index (χ4v) is 5.86. The van der Waals surface area contributed by atoms with Crippen molar-refractivity contribution in [2.45, 2.75) is 91.6 Å². The lowest BCUT2D eigenvalue weighted by atomic mass is 9.53. The number of carbonyl (C=O) groups is 2. The average molecular weight is 437 g/mol.